The summed E-state index contributed by atoms with van der Waals surface area (Å²) in [5.74, 6) is -0.228. The maximum Gasteiger partial charge on any atom is 0.307 e. The molecule has 2 rings (SSSR count). The van der Waals surface area contributed by atoms with E-state index >= 15 is 0 Å². The molecule has 0 bridgehead atoms. The van der Waals surface area contributed by atoms with Gasteiger partial charge in [-0.1, -0.05) is 17.7 Å². The lowest BCUT2D eigenvalue weighted by Gasteiger charge is -2.09. The third kappa shape index (κ3) is 2.03. The molecule has 8 heteroatoms. The molecule has 0 amide bonds. The second kappa shape index (κ2) is 4.46. The highest BCUT2D eigenvalue weighted by atomic mass is 35.5. The summed E-state index contributed by atoms with van der Waals surface area (Å²) in [6.45, 7) is 0. The van der Waals surface area contributed by atoms with Crippen molar-refractivity contribution < 1.29 is 4.92 Å². The number of rotatable bonds is 3. The SMILES string of the molecule is N=C(N)c1c(Cl)cccc1-n1cc([N+](=O)[O-])cn1. The molecule has 3 N–H and O–H groups in total. The molecule has 1 aromatic heterocycles. The molecule has 92 valence electrons. The zero-order valence-electron chi connectivity index (χ0n) is 9.00. The van der Waals surface area contributed by atoms with Crippen LogP contribution in [0.1, 0.15) is 5.56 Å². The van der Waals surface area contributed by atoms with E-state index in [1.54, 1.807) is 18.2 Å². The summed E-state index contributed by atoms with van der Waals surface area (Å²) in [5.41, 5.74) is 6.00. The summed E-state index contributed by atoms with van der Waals surface area (Å²) < 4.78 is 1.26. The van der Waals surface area contributed by atoms with Crippen LogP contribution in [0.2, 0.25) is 5.02 Å². The van der Waals surface area contributed by atoms with E-state index in [0.29, 0.717) is 5.69 Å². The lowest BCUT2D eigenvalue weighted by Crippen LogP contribution is -2.15. The number of hydrogen-bond donors (Lipinski definition) is 2. The van der Waals surface area contributed by atoms with E-state index in [1.807, 2.05) is 0 Å². The Balaban J connectivity index is 2.59. The first-order valence-corrected chi connectivity index (χ1v) is 5.21. The fourth-order valence-electron chi connectivity index (χ4n) is 1.51. The van der Waals surface area contributed by atoms with Gasteiger partial charge in [-0.05, 0) is 12.1 Å². The monoisotopic (exact) mass is 265 g/mol. The molecule has 0 unspecified atom stereocenters. The molecule has 7 nitrogen and oxygen atoms in total. The Bertz CT molecular complexity index is 637. The minimum absolute atomic E-state index is 0.149. The first-order chi connectivity index (χ1) is 8.50. The molecule has 2 aromatic rings. The number of nitro groups is 1. The normalized spacial score (nSPS) is 10.3. The predicted molar refractivity (Wildman–Crippen MR) is 66.2 cm³/mol. The van der Waals surface area contributed by atoms with Crippen LogP contribution in [0.15, 0.2) is 30.6 Å². The number of halogens is 1. The smallest absolute Gasteiger partial charge is 0.307 e. The van der Waals surface area contributed by atoms with Crippen molar-refractivity contribution >= 4 is 23.1 Å². The molecule has 0 saturated carbocycles. The minimum atomic E-state index is -0.554. The Labute approximate surface area is 106 Å². The van der Waals surface area contributed by atoms with Crippen LogP contribution in [0.5, 0.6) is 0 Å². The third-order valence-corrected chi connectivity index (χ3v) is 2.60. The van der Waals surface area contributed by atoms with E-state index in [-0.39, 0.29) is 22.1 Å². The van der Waals surface area contributed by atoms with E-state index < -0.39 is 4.92 Å². The summed E-state index contributed by atoms with van der Waals surface area (Å²) in [5, 5.41) is 22.2. The fourth-order valence-corrected chi connectivity index (χ4v) is 1.78. The number of nitrogens with one attached hydrogen (secondary N) is 1. The zero-order valence-corrected chi connectivity index (χ0v) is 9.76. The van der Waals surface area contributed by atoms with Crippen molar-refractivity contribution in [2.75, 3.05) is 0 Å². The van der Waals surface area contributed by atoms with Crippen molar-refractivity contribution in [3.05, 3.63) is 51.3 Å². The number of hydrogen-bond acceptors (Lipinski definition) is 4. The number of aromatic nitrogens is 2. The molecule has 1 aromatic carbocycles. The van der Waals surface area contributed by atoms with Crippen LogP contribution in [0.4, 0.5) is 5.69 Å². The lowest BCUT2D eigenvalue weighted by atomic mass is 10.1. The Morgan fingerprint density at radius 1 is 1.56 bits per heavy atom. The van der Waals surface area contributed by atoms with Crippen LogP contribution in [0.25, 0.3) is 5.69 Å². The van der Waals surface area contributed by atoms with Gasteiger partial charge in [0.1, 0.15) is 18.2 Å². The van der Waals surface area contributed by atoms with Gasteiger partial charge in [-0.3, -0.25) is 15.5 Å². The zero-order chi connectivity index (χ0) is 13.3. The Hall–Kier alpha value is -2.41. The van der Waals surface area contributed by atoms with E-state index in [1.165, 1.54) is 10.9 Å². The molecule has 0 saturated heterocycles. The highest BCUT2D eigenvalue weighted by molar-refractivity contribution is 6.34. The summed E-state index contributed by atoms with van der Waals surface area (Å²) in [6, 6.07) is 4.86. The standard InChI is InChI=1S/C10H8ClN5O2/c11-7-2-1-3-8(9(7)10(12)13)15-5-6(4-14-15)16(17)18/h1-5H,(H3,12,13). The van der Waals surface area contributed by atoms with Crippen molar-refractivity contribution in [3.8, 4) is 5.69 Å². The van der Waals surface area contributed by atoms with Crippen LogP contribution in [0, 0.1) is 15.5 Å². The largest absolute Gasteiger partial charge is 0.384 e. The van der Waals surface area contributed by atoms with Gasteiger partial charge in [-0.25, -0.2) is 4.68 Å². The van der Waals surface area contributed by atoms with Gasteiger partial charge in [-0.2, -0.15) is 5.10 Å². The van der Waals surface area contributed by atoms with E-state index in [4.69, 9.17) is 22.7 Å². The quantitative estimate of drug-likeness (QED) is 0.381. The minimum Gasteiger partial charge on any atom is -0.384 e. The molecule has 0 fully saturated rings. The summed E-state index contributed by atoms with van der Waals surface area (Å²) in [6.07, 6.45) is 2.35. The molecule has 18 heavy (non-hydrogen) atoms. The third-order valence-electron chi connectivity index (χ3n) is 2.29. The predicted octanol–water partition coefficient (Wildman–Crippen LogP) is 1.72. The van der Waals surface area contributed by atoms with Gasteiger partial charge >= 0.3 is 5.69 Å². The molecule has 0 spiro atoms. The molecule has 1 heterocycles. The van der Waals surface area contributed by atoms with Gasteiger partial charge < -0.3 is 5.73 Å². The van der Waals surface area contributed by atoms with Crippen molar-refractivity contribution in [1.82, 2.24) is 9.78 Å². The first-order valence-electron chi connectivity index (χ1n) is 4.83. The lowest BCUT2D eigenvalue weighted by molar-refractivity contribution is -0.384. The highest BCUT2D eigenvalue weighted by Crippen LogP contribution is 2.23. The number of amidine groups is 1. The van der Waals surface area contributed by atoms with Crippen LogP contribution < -0.4 is 5.73 Å². The van der Waals surface area contributed by atoms with Crippen molar-refractivity contribution in [1.29, 1.82) is 5.41 Å². The summed E-state index contributed by atoms with van der Waals surface area (Å²) >= 11 is 5.95. The number of nitrogens with zero attached hydrogens (tertiary/aromatic N) is 3. The Kier molecular flexibility index (Phi) is 2.99. The van der Waals surface area contributed by atoms with Gasteiger partial charge in [0.15, 0.2) is 0 Å². The van der Waals surface area contributed by atoms with Crippen molar-refractivity contribution in [2.45, 2.75) is 0 Å². The number of nitrogen functional groups attached to an aromatic ring is 1. The van der Waals surface area contributed by atoms with Gasteiger partial charge in [0, 0.05) is 0 Å². The highest BCUT2D eigenvalue weighted by Gasteiger charge is 2.15. The van der Waals surface area contributed by atoms with Crippen LogP contribution in [-0.4, -0.2) is 20.5 Å². The van der Waals surface area contributed by atoms with Crippen molar-refractivity contribution in [2.24, 2.45) is 5.73 Å². The summed E-state index contributed by atoms with van der Waals surface area (Å²) in [7, 11) is 0. The van der Waals surface area contributed by atoms with Crippen molar-refractivity contribution in [3.63, 3.8) is 0 Å². The second-order valence-corrected chi connectivity index (χ2v) is 3.86. The average Bonchev–Trinajstić information content (AvgIpc) is 2.77. The summed E-state index contributed by atoms with van der Waals surface area (Å²) in [4.78, 5) is 10.0. The van der Waals surface area contributed by atoms with Gasteiger partial charge in [0.05, 0.1) is 21.2 Å². The number of benzene rings is 1. The maximum atomic E-state index is 10.6. The second-order valence-electron chi connectivity index (χ2n) is 3.45. The van der Waals surface area contributed by atoms with Gasteiger partial charge in [-0.15, -0.1) is 0 Å². The van der Waals surface area contributed by atoms with Crippen LogP contribution >= 0.6 is 11.6 Å². The molecule has 0 aliphatic heterocycles. The van der Waals surface area contributed by atoms with Gasteiger partial charge in [0.2, 0.25) is 0 Å². The van der Waals surface area contributed by atoms with E-state index in [2.05, 4.69) is 5.10 Å². The molecular formula is C10H8ClN5O2. The molecule has 0 aliphatic rings. The Morgan fingerprint density at radius 3 is 2.83 bits per heavy atom. The number of nitrogens with two attached hydrogens (primary N) is 1. The fraction of sp³-hybridized carbons (Fsp3) is 0. The average molecular weight is 266 g/mol. The first kappa shape index (κ1) is 12.1. The topological polar surface area (TPSA) is 111 Å². The van der Waals surface area contributed by atoms with E-state index in [0.717, 1.165) is 6.20 Å². The van der Waals surface area contributed by atoms with Gasteiger partial charge in [0.25, 0.3) is 0 Å². The van der Waals surface area contributed by atoms with Crippen LogP contribution in [-0.2, 0) is 0 Å². The Morgan fingerprint density at radius 2 is 2.28 bits per heavy atom. The molecular weight excluding hydrogens is 258 g/mol. The molecule has 0 atom stereocenters. The van der Waals surface area contributed by atoms with Crippen LogP contribution in [0.3, 0.4) is 0 Å². The van der Waals surface area contributed by atoms with E-state index in [9.17, 15) is 10.1 Å². The maximum absolute atomic E-state index is 10.6. The molecule has 0 aliphatic carbocycles. The molecule has 0 radical (unpaired) electrons.